The van der Waals surface area contributed by atoms with Crippen LogP contribution in [-0.4, -0.2) is 46.4 Å². The fourth-order valence-electron chi connectivity index (χ4n) is 3.40. The molecule has 140 valence electrons. The SMILES string of the molecule is Cc1cn2c(/C=C/C(=O)N3CCN(c4cccc(Cl)c4)CC3)c(C)nc2s1. The average molecular weight is 401 g/mol. The number of anilines is 1. The normalized spacial score (nSPS) is 15.2. The highest BCUT2D eigenvalue weighted by atomic mass is 35.5. The van der Waals surface area contributed by atoms with Gasteiger partial charge in [-0.3, -0.25) is 9.20 Å². The molecule has 0 unspecified atom stereocenters. The number of carbonyl (C=O) groups is 1. The van der Waals surface area contributed by atoms with E-state index in [4.69, 9.17) is 11.6 Å². The van der Waals surface area contributed by atoms with Crippen molar-refractivity contribution in [2.45, 2.75) is 13.8 Å². The van der Waals surface area contributed by atoms with Gasteiger partial charge < -0.3 is 9.80 Å². The molecule has 0 saturated carbocycles. The van der Waals surface area contributed by atoms with Crippen LogP contribution in [0.3, 0.4) is 0 Å². The van der Waals surface area contributed by atoms with Crippen molar-refractivity contribution in [2.75, 3.05) is 31.1 Å². The Morgan fingerprint density at radius 2 is 2.00 bits per heavy atom. The first-order valence-electron chi connectivity index (χ1n) is 8.94. The standard InChI is InChI=1S/C20H21ClN4OS/c1-14-13-25-18(15(2)22-20(25)27-14)6-7-19(26)24-10-8-23(9-11-24)17-5-3-4-16(21)12-17/h3-7,12-13H,8-11H2,1-2H3/b7-6+. The summed E-state index contributed by atoms with van der Waals surface area (Å²) in [5, 5.41) is 0.736. The number of nitrogens with zero attached hydrogens (tertiary/aromatic N) is 4. The quantitative estimate of drug-likeness (QED) is 0.623. The van der Waals surface area contributed by atoms with Crippen molar-refractivity contribution >= 4 is 45.6 Å². The van der Waals surface area contributed by atoms with E-state index in [2.05, 4.69) is 33.5 Å². The fraction of sp³-hybridized carbons (Fsp3) is 0.300. The molecule has 0 spiro atoms. The van der Waals surface area contributed by atoms with Crippen LogP contribution in [0.1, 0.15) is 16.3 Å². The van der Waals surface area contributed by atoms with Gasteiger partial charge in [0.05, 0.1) is 11.4 Å². The summed E-state index contributed by atoms with van der Waals surface area (Å²) in [7, 11) is 0. The maximum atomic E-state index is 12.6. The summed E-state index contributed by atoms with van der Waals surface area (Å²) in [6, 6.07) is 7.86. The molecule has 1 aliphatic heterocycles. The number of aromatic nitrogens is 2. The van der Waals surface area contributed by atoms with Crippen LogP contribution in [0.2, 0.25) is 5.02 Å². The summed E-state index contributed by atoms with van der Waals surface area (Å²) in [6.07, 6.45) is 5.61. The third-order valence-electron chi connectivity index (χ3n) is 4.81. The first-order chi connectivity index (χ1) is 13.0. The lowest BCUT2D eigenvalue weighted by molar-refractivity contribution is -0.126. The Hall–Kier alpha value is -2.31. The molecule has 1 aromatic carbocycles. The minimum atomic E-state index is 0.0436. The molecule has 1 aliphatic rings. The van der Waals surface area contributed by atoms with Gasteiger partial charge in [0.25, 0.3) is 0 Å². The van der Waals surface area contributed by atoms with Crippen molar-refractivity contribution < 1.29 is 4.79 Å². The van der Waals surface area contributed by atoms with E-state index in [0.29, 0.717) is 13.1 Å². The summed E-state index contributed by atoms with van der Waals surface area (Å²) < 4.78 is 2.05. The Morgan fingerprint density at radius 1 is 1.22 bits per heavy atom. The highest BCUT2D eigenvalue weighted by Crippen LogP contribution is 2.22. The maximum absolute atomic E-state index is 12.6. The molecule has 3 aromatic rings. The van der Waals surface area contributed by atoms with Crippen molar-refractivity contribution in [1.29, 1.82) is 0 Å². The summed E-state index contributed by atoms with van der Waals surface area (Å²) >= 11 is 7.74. The number of hydrogen-bond acceptors (Lipinski definition) is 4. The van der Waals surface area contributed by atoms with Crippen LogP contribution in [0.25, 0.3) is 11.0 Å². The van der Waals surface area contributed by atoms with Crippen LogP contribution in [-0.2, 0) is 4.79 Å². The number of imidazole rings is 1. The fourth-order valence-corrected chi connectivity index (χ4v) is 4.46. The highest BCUT2D eigenvalue weighted by Gasteiger charge is 2.20. The van der Waals surface area contributed by atoms with Crippen LogP contribution in [0.5, 0.6) is 0 Å². The van der Waals surface area contributed by atoms with E-state index in [9.17, 15) is 4.79 Å². The molecular formula is C20H21ClN4OS. The van der Waals surface area contributed by atoms with E-state index >= 15 is 0 Å². The number of amides is 1. The minimum Gasteiger partial charge on any atom is -0.368 e. The summed E-state index contributed by atoms with van der Waals surface area (Å²) in [5.74, 6) is 0.0436. The molecule has 0 aliphatic carbocycles. The number of piperazine rings is 1. The number of fused-ring (bicyclic) bond motifs is 1. The predicted octanol–water partition coefficient (Wildman–Crippen LogP) is 4.03. The Labute approximate surface area is 167 Å². The number of benzene rings is 1. The van der Waals surface area contributed by atoms with E-state index in [-0.39, 0.29) is 5.91 Å². The molecule has 2 aromatic heterocycles. The van der Waals surface area contributed by atoms with Crippen molar-refractivity contribution in [2.24, 2.45) is 0 Å². The summed E-state index contributed by atoms with van der Waals surface area (Å²) in [6.45, 7) is 7.05. The molecule has 3 heterocycles. The number of carbonyl (C=O) groups excluding carboxylic acids is 1. The van der Waals surface area contributed by atoms with Gasteiger partial charge in [-0.15, -0.1) is 11.3 Å². The van der Waals surface area contributed by atoms with Crippen LogP contribution in [0, 0.1) is 13.8 Å². The second-order valence-electron chi connectivity index (χ2n) is 6.70. The van der Waals surface area contributed by atoms with E-state index in [1.165, 1.54) is 4.88 Å². The van der Waals surface area contributed by atoms with Gasteiger partial charge in [0.2, 0.25) is 5.91 Å². The molecule has 1 fully saturated rings. The van der Waals surface area contributed by atoms with Crippen molar-refractivity contribution in [1.82, 2.24) is 14.3 Å². The monoisotopic (exact) mass is 400 g/mol. The van der Waals surface area contributed by atoms with Gasteiger partial charge in [0, 0.05) is 54.0 Å². The molecule has 27 heavy (non-hydrogen) atoms. The van der Waals surface area contributed by atoms with E-state index in [0.717, 1.165) is 40.1 Å². The van der Waals surface area contributed by atoms with Gasteiger partial charge in [-0.1, -0.05) is 17.7 Å². The lowest BCUT2D eigenvalue weighted by Gasteiger charge is -2.35. The third kappa shape index (κ3) is 3.73. The Balaban J connectivity index is 1.42. The lowest BCUT2D eigenvalue weighted by atomic mass is 10.2. The van der Waals surface area contributed by atoms with E-state index < -0.39 is 0 Å². The van der Waals surface area contributed by atoms with Gasteiger partial charge >= 0.3 is 0 Å². The third-order valence-corrected chi connectivity index (χ3v) is 5.94. The van der Waals surface area contributed by atoms with Gasteiger partial charge in [-0.25, -0.2) is 4.98 Å². The van der Waals surface area contributed by atoms with E-state index in [1.54, 1.807) is 17.4 Å². The Bertz CT molecular complexity index is 1010. The predicted molar refractivity (Wildman–Crippen MR) is 112 cm³/mol. The molecule has 0 bridgehead atoms. The number of halogens is 1. The van der Waals surface area contributed by atoms with Gasteiger partial charge in [0.15, 0.2) is 4.96 Å². The first-order valence-corrected chi connectivity index (χ1v) is 10.1. The van der Waals surface area contributed by atoms with Gasteiger partial charge in [-0.05, 0) is 38.1 Å². The van der Waals surface area contributed by atoms with Crippen molar-refractivity contribution in [3.05, 3.63) is 57.8 Å². The average Bonchev–Trinajstić information content (AvgIpc) is 3.14. The molecule has 1 saturated heterocycles. The maximum Gasteiger partial charge on any atom is 0.246 e. The minimum absolute atomic E-state index is 0.0436. The second kappa shape index (κ2) is 7.37. The molecule has 7 heteroatoms. The Kier molecular flexibility index (Phi) is 4.93. The van der Waals surface area contributed by atoms with Crippen molar-refractivity contribution in [3.63, 3.8) is 0 Å². The second-order valence-corrected chi connectivity index (χ2v) is 8.35. The largest absolute Gasteiger partial charge is 0.368 e. The zero-order valence-corrected chi connectivity index (χ0v) is 16.9. The summed E-state index contributed by atoms with van der Waals surface area (Å²) in [5.41, 5.74) is 3.02. The van der Waals surface area contributed by atoms with Crippen LogP contribution in [0.15, 0.2) is 36.5 Å². The Morgan fingerprint density at radius 3 is 2.74 bits per heavy atom. The zero-order valence-electron chi connectivity index (χ0n) is 15.4. The molecular weight excluding hydrogens is 380 g/mol. The molecule has 0 radical (unpaired) electrons. The zero-order chi connectivity index (χ0) is 19.0. The molecule has 0 atom stereocenters. The number of aryl methyl sites for hydroxylation is 2. The highest BCUT2D eigenvalue weighted by molar-refractivity contribution is 7.17. The van der Waals surface area contributed by atoms with Crippen LogP contribution in [0.4, 0.5) is 5.69 Å². The van der Waals surface area contributed by atoms with Crippen LogP contribution >= 0.6 is 22.9 Å². The molecule has 4 rings (SSSR count). The summed E-state index contributed by atoms with van der Waals surface area (Å²) in [4.78, 5) is 23.5. The first kappa shape index (κ1) is 18.1. The topological polar surface area (TPSA) is 40.9 Å². The molecule has 0 N–H and O–H groups in total. The van der Waals surface area contributed by atoms with Crippen molar-refractivity contribution in [3.8, 4) is 0 Å². The number of hydrogen-bond donors (Lipinski definition) is 0. The lowest BCUT2D eigenvalue weighted by Crippen LogP contribution is -2.48. The molecule has 5 nitrogen and oxygen atoms in total. The molecule has 1 amide bonds. The van der Waals surface area contributed by atoms with Gasteiger partial charge in [0.1, 0.15) is 0 Å². The number of thiazole rings is 1. The van der Waals surface area contributed by atoms with Gasteiger partial charge in [-0.2, -0.15) is 0 Å². The smallest absolute Gasteiger partial charge is 0.246 e. The number of rotatable bonds is 3. The van der Waals surface area contributed by atoms with E-state index in [1.807, 2.05) is 36.1 Å². The van der Waals surface area contributed by atoms with Crippen LogP contribution < -0.4 is 4.90 Å².